The summed E-state index contributed by atoms with van der Waals surface area (Å²) in [4.78, 5) is 16.6. The minimum absolute atomic E-state index is 0.0273. The molecule has 1 aliphatic rings. The zero-order valence-electron chi connectivity index (χ0n) is 20.0. The number of amidine groups is 1. The Kier molecular flexibility index (Phi) is 7.91. The van der Waals surface area contributed by atoms with Gasteiger partial charge in [0.1, 0.15) is 23.6 Å². The largest absolute Gasteiger partial charge is 0.467 e. The maximum Gasteiger partial charge on any atom is 0.263 e. The summed E-state index contributed by atoms with van der Waals surface area (Å²) in [5, 5.41) is 7.35. The number of sulfonamides is 1. The standard InChI is InChI=1S/C25H25Cl2N5O4S/c1-15(2)23(24(28)33)29-25(31-37(34,35)19-11-7-17(27)8-12-19)20-14-21(22-4-3-13-36-22)32(30-20)18-9-5-16(26)6-10-18/h3-13,15,21,23H,14H2,1-2H3,(H2,28,33)(H,29,31)/t21?,23-/m0/s1. The summed E-state index contributed by atoms with van der Waals surface area (Å²) in [5.41, 5.74) is 6.61. The number of primary amides is 1. The molecule has 0 spiro atoms. The van der Waals surface area contributed by atoms with Crippen LogP contribution in [0, 0.1) is 5.92 Å². The number of nitrogens with two attached hydrogens (primary N) is 1. The van der Waals surface area contributed by atoms with Crippen LogP contribution in [-0.4, -0.2) is 31.9 Å². The van der Waals surface area contributed by atoms with Gasteiger partial charge in [-0.25, -0.2) is 8.42 Å². The van der Waals surface area contributed by atoms with E-state index >= 15 is 0 Å². The first kappa shape index (κ1) is 26.7. The second kappa shape index (κ2) is 11.0. The zero-order valence-corrected chi connectivity index (χ0v) is 22.3. The molecule has 1 aromatic heterocycles. The maximum atomic E-state index is 13.3. The van der Waals surface area contributed by atoms with E-state index in [1.807, 2.05) is 0 Å². The predicted octanol–water partition coefficient (Wildman–Crippen LogP) is 4.78. The number of halogens is 2. The molecule has 1 amide bonds. The molecule has 0 bridgehead atoms. The van der Waals surface area contributed by atoms with E-state index in [1.165, 1.54) is 24.3 Å². The maximum absolute atomic E-state index is 13.3. The third-order valence-electron chi connectivity index (χ3n) is 5.69. The monoisotopic (exact) mass is 561 g/mol. The van der Waals surface area contributed by atoms with Gasteiger partial charge in [-0.2, -0.15) is 5.10 Å². The lowest BCUT2D eigenvalue weighted by Gasteiger charge is -2.21. The number of carbonyl (C=O) groups excluding carboxylic acids is 1. The van der Waals surface area contributed by atoms with E-state index in [-0.39, 0.29) is 23.1 Å². The van der Waals surface area contributed by atoms with Gasteiger partial charge in [0, 0.05) is 16.5 Å². The van der Waals surface area contributed by atoms with Crippen molar-refractivity contribution in [3.8, 4) is 0 Å². The summed E-state index contributed by atoms with van der Waals surface area (Å²) in [6.45, 7) is 3.54. The highest BCUT2D eigenvalue weighted by atomic mass is 35.5. The SMILES string of the molecule is CC(C)[C@H](N=C(NS(=O)(=O)c1ccc(Cl)cc1)C1=NN(c2ccc(Cl)cc2)C(c2ccco2)C1)C(N)=O. The van der Waals surface area contributed by atoms with Crippen molar-refractivity contribution in [3.63, 3.8) is 0 Å². The molecule has 3 N–H and O–H groups in total. The van der Waals surface area contributed by atoms with E-state index in [4.69, 9.17) is 38.5 Å². The molecule has 0 radical (unpaired) electrons. The van der Waals surface area contributed by atoms with Crippen molar-refractivity contribution < 1.29 is 17.6 Å². The minimum Gasteiger partial charge on any atom is -0.467 e. The number of aliphatic imine (C=N–C) groups is 1. The van der Waals surface area contributed by atoms with Gasteiger partial charge in [-0.05, 0) is 66.6 Å². The number of hydrogen-bond donors (Lipinski definition) is 2. The number of furan rings is 1. The average Bonchev–Trinajstić information content (AvgIpc) is 3.52. The van der Waals surface area contributed by atoms with Crippen LogP contribution < -0.4 is 15.5 Å². The molecule has 1 aliphatic heterocycles. The fraction of sp³-hybridized carbons (Fsp3) is 0.240. The molecular formula is C25H25Cl2N5O4S. The second-order valence-electron chi connectivity index (χ2n) is 8.73. The second-order valence-corrected chi connectivity index (χ2v) is 11.3. The van der Waals surface area contributed by atoms with Crippen LogP contribution in [0.3, 0.4) is 0 Å². The number of hydrazone groups is 1. The Bertz CT molecular complexity index is 1420. The summed E-state index contributed by atoms with van der Waals surface area (Å²) in [5.74, 6) is -0.443. The highest BCUT2D eigenvalue weighted by molar-refractivity contribution is 7.90. The quantitative estimate of drug-likeness (QED) is 0.302. The number of carbonyl (C=O) groups is 1. The van der Waals surface area contributed by atoms with Gasteiger partial charge < -0.3 is 10.2 Å². The lowest BCUT2D eigenvalue weighted by Crippen LogP contribution is -2.40. The van der Waals surface area contributed by atoms with Crippen LogP contribution >= 0.6 is 23.2 Å². The highest BCUT2D eigenvalue weighted by Gasteiger charge is 2.35. The summed E-state index contributed by atoms with van der Waals surface area (Å²) >= 11 is 12.0. The van der Waals surface area contributed by atoms with Crippen molar-refractivity contribution in [2.45, 2.75) is 37.2 Å². The minimum atomic E-state index is -4.10. The molecule has 0 aliphatic carbocycles. The Morgan fingerprint density at radius 3 is 2.27 bits per heavy atom. The molecule has 2 heterocycles. The molecule has 0 saturated heterocycles. The van der Waals surface area contributed by atoms with E-state index in [2.05, 4.69) is 9.71 Å². The molecule has 3 aromatic rings. The van der Waals surface area contributed by atoms with Crippen LogP contribution in [0.25, 0.3) is 0 Å². The first-order chi connectivity index (χ1) is 17.5. The van der Waals surface area contributed by atoms with Gasteiger partial charge in [-0.1, -0.05) is 37.0 Å². The fourth-order valence-corrected chi connectivity index (χ4v) is 5.12. The van der Waals surface area contributed by atoms with Crippen LogP contribution in [0.1, 0.15) is 32.1 Å². The van der Waals surface area contributed by atoms with E-state index < -0.39 is 28.0 Å². The van der Waals surface area contributed by atoms with Crippen LogP contribution in [0.15, 0.2) is 86.3 Å². The molecule has 4 rings (SSSR count). The molecule has 0 saturated carbocycles. The summed E-state index contributed by atoms with van der Waals surface area (Å²) in [6.07, 6.45) is 1.79. The van der Waals surface area contributed by atoms with Gasteiger partial charge in [0.2, 0.25) is 5.91 Å². The first-order valence-electron chi connectivity index (χ1n) is 11.4. The molecule has 9 nitrogen and oxygen atoms in total. The van der Waals surface area contributed by atoms with Crippen molar-refractivity contribution >= 4 is 56.4 Å². The summed E-state index contributed by atoms with van der Waals surface area (Å²) < 4.78 is 34.7. The molecular weight excluding hydrogens is 537 g/mol. The van der Waals surface area contributed by atoms with Crippen molar-refractivity contribution in [1.29, 1.82) is 0 Å². The topological polar surface area (TPSA) is 130 Å². The number of amides is 1. The fourth-order valence-electron chi connectivity index (χ4n) is 3.83. The van der Waals surface area contributed by atoms with Crippen molar-refractivity contribution in [3.05, 3.63) is 82.7 Å². The number of anilines is 1. The number of nitrogens with one attached hydrogen (secondary N) is 1. The van der Waals surface area contributed by atoms with E-state index in [1.54, 1.807) is 61.5 Å². The average molecular weight is 562 g/mol. The Hall–Kier alpha value is -3.34. The van der Waals surface area contributed by atoms with Gasteiger partial charge in [-0.15, -0.1) is 0 Å². The third-order valence-corrected chi connectivity index (χ3v) is 7.55. The third kappa shape index (κ3) is 6.15. The molecule has 0 fully saturated rings. The van der Waals surface area contributed by atoms with Gasteiger partial charge in [0.15, 0.2) is 5.84 Å². The van der Waals surface area contributed by atoms with Crippen molar-refractivity contribution in [1.82, 2.24) is 4.72 Å². The van der Waals surface area contributed by atoms with Crippen LogP contribution in [0.2, 0.25) is 10.0 Å². The van der Waals surface area contributed by atoms with Gasteiger partial charge in [0.25, 0.3) is 10.0 Å². The molecule has 37 heavy (non-hydrogen) atoms. The molecule has 1 unspecified atom stereocenters. The lowest BCUT2D eigenvalue weighted by molar-refractivity contribution is -0.120. The Morgan fingerprint density at radius 2 is 1.73 bits per heavy atom. The normalized spacial score (nSPS) is 17.1. The zero-order chi connectivity index (χ0) is 26.7. The molecule has 2 aromatic carbocycles. The van der Waals surface area contributed by atoms with Gasteiger partial charge in [0.05, 0.1) is 16.8 Å². The lowest BCUT2D eigenvalue weighted by atomic mass is 10.0. The number of hydrogen-bond acceptors (Lipinski definition) is 7. The molecule has 2 atom stereocenters. The van der Waals surface area contributed by atoms with E-state index in [9.17, 15) is 13.2 Å². The van der Waals surface area contributed by atoms with Gasteiger partial charge in [-0.3, -0.25) is 19.5 Å². The van der Waals surface area contributed by atoms with Crippen LogP contribution in [-0.2, 0) is 14.8 Å². The summed E-state index contributed by atoms with van der Waals surface area (Å²) in [6, 6.07) is 14.9. The summed E-state index contributed by atoms with van der Waals surface area (Å²) in [7, 11) is -4.10. The van der Waals surface area contributed by atoms with Gasteiger partial charge >= 0.3 is 0 Å². The number of rotatable bonds is 8. The van der Waals surface area contributed by atoms with E-state index in [0.717, 1.165) is 0 Å². The number of benzene rings is 2. The highest BCUT2D eigenvalue weighted by Crippen LogP contribution is 2.36. The number of nitrogens with zero attached hydrogens (tertiary/aromatic N) is 3. The molecule has 12 heteroatoms. The van der Waals surface area contributed by atoms with Crippen molar-refractivity contribution in [2.24, 2.45) is 21.7 Å². The Morgan fingerprint density at radius 1 is 1.11 bits per heavy atom. The van der Waals surface area contributed by atoms with E-state index in [0.29, 0.717) is 27.2 Å². The Labute approximate surface area is 225 Å². The molecule has 194 valence electrons. The first-order valence-corrected chi connectivity index (χ1v) is 13.6. The Balaban J connectivity index is 1.80. The van der Waals surface area contributed by atoms with Crippen molar-refractivity contribution in [2.75, 3.05) is 5.01 Å². The van der Waals surface area contributed by atoms with Crippen LogP contribution in [0.5, 0.6) is 0 Å². The predicted molar refractivity (Wildman–Crippen MR) is 144 cm³/mol. The van der Waals surface area contributed by atoms with Crippen LogP contribution in [0.4, 0.5) is 5.69 Å². The smallest absolute Gasteiger partial charge is 0.263 e.